The number of hydrogen-bond acceptors (Lipinski definition) is 3. The molecular weight excluding hydrogens is 240 g/mol. The van der Waals surface area contributed by atoms with Gasteiger partial charge in [0.1, 0.15) is 5.75 Å². The zero-order valence-corrected chi connectivity index (χ0v) is 11.3. The number of ketones is 1. The SMILES string of the molecule is CCOc1ccc2ccccc2c1C(=O)CCOC. The summed E-state index contributed by atoms with van der Waals surface area (Å²) in [5, 5.41) is 1.99. The third-order valence-corrected chi connectivity index (χ3v) is 3.00. The highest BCUT2D eigenvalue weighted by molar-refractivity contribution is 6.10. The monoisotopic (exact) mass is 258 g/mol. The van der Waals surface area contributed by atoms with Gasteiger partial charge in [0.05, 0.1) is 18.8 Å². The van der Waals surface area contributed by atoms with Crippen LogP contribution in [0, 0.1) is 0 Å². The van der Waals surface area contributed by atoms with E-state index in [0.717, 1.165) is 10.8 Å². The molecule has 0 aliphatic heterocycles. The number of benzene rings is 2. The highest BCUT2D eigenvalue weighted by Crippen LogP contribution is 2.29. The van der Waals surface area contributed by atoms with Crippen molar-refractivity contribution in [2.45, 2.75) is 13.3 Å². The number of methoxy groups -OCH3 is 1. The molecule has 2 rings (SSSR count). The van der Waals surface area contributed by atoms with Crippen LogP contribution in [0.15, 0.2) is 36.4 Å². The first kappa shape index (κ1) is 13.6. The van der Waals surface area contributed by atoms with Crippen LogP contribution in [-0.4, -0.2) is 26.1 Å². The second kappa shape index (κ2) is 6.34. The second-order valence-electron chi connectivity index (χ2n) is 4.26. The Balaban J connectivity index is 2.52. The highest BCUT2D eigenvalue weighted by atomic mass is 16.5. The third kappa shape index (κ3) is 2.93. The summed E-state index contributed by atoms with van der Waals surface area (Å²) >= 11 is 0. The Morgan fingerprint density at radius 1 is 1.16 bits per heavy atom. The van der Waals surface area contributed by atoms with Gasteiger partial charge in [0, 0.05) is 13.5 Å². The molecule has 0 aromatic heterocycles. The van der Waals surface area contributed by atoms with E-state index in [4.69, 9.17) is 9.47 Å². The van der Waals surface area contributed by atoms with E-state index in [9.17, 15) is 4.79 Å². The van der Waals surface area contributed by atoms with Gasteiger partial charge in [0.25, 0.3) is 0 Å². The van der Waals surface area contributed by atoms with E-state index in [0.29, 0.717) is 30.9 Å². The second-order valence-corrected chi connectivity index (χ2v) is 4.26. The summed E-state index contributed by atoms with van der Waals surface area (Å²) in [4.78, 5) is 12.4. The Bertz CT molecular complexity index is 575. The molecule has 0 atom stereocenters. The number of carbonyl (C=O) groups is 1. The summed E-state index contributed by atoms with van der Waals surface area (Å²) in [6.07, 6.45) is 0.366. The number of carbonyl (C=O) groups excluding carboxylic acids is 1. The van der Waals surface area contributed by atoms with Crippen LogP contribution in [0.25, 0.3) is 10.8 Å². The van der Waals surface area contributed by atoms with E-state index in [-0.39, 0.29) is 5.78 Å². The topological polar surface area (TPSA) is 35.5 Å². The van der Waals surface area contributed by atoms with E-state index in [2.05, 4.69) is 0 Å². The van der Waals surface area contributed by atoms with Crippen LogP contribution in [0.2, 0.25) is 0 Å². The molecule has 100 valence electrons. The summed E-state index contributed by atoms with van der Waals surface area (Å²) in [6, 6.07) is 11.7. The summed E-state index contributed by atoms with van der Waals surface area (Å²) in [7, 11) is 1.60. The van der Waals surface area contributed by atoms with Crippen LogP contribution in [0.1, 0.15) is 23.7 Å². The number of fused-ring (bicyclic) bond motifs is 1. The lowest BCUT2D eigenvalue weighted by molar-refractivity contribution is 0.0930. The minimum atomic E-state index is 0.0575. The Morgan fingerprint density at radius 3 is 2.68 bits per heavy atom. The quantitative estimate of drug-likeness (QED) is 0.744. The van der Waals surface area contributed by atoms with Crippen LogP contribution >= 0.6 is 0 Å². The van der Waals surface area contributed by atoms with Crippen LogP contribution in [-0.2, 0) is 4.74 Å². The molecule has 0 N–H and O–H groups in total. The molecule has 3 heteroatoms. The largest absolute Gasteiger partial charge is 0.493 e. The molecule has 0 fully saturated rings. The van der Waals surface area contributed by atoms with E-state index in [1.165, 1.54) is 0 Å². The minimum Gasteiger partial charge on any atom is -0.493 e. The molecule has 2 aromatic carbocycles. The van der Waals surface area contributed by atoms with Crippen LogP contribution in [0.4, 0.5) is 0 Å². The van der Waals surface area contributed by atoms with Crippen LogP contribution < -0.4 is 4.74 Å². The van der Waals surface area contributed by atoms with Gasteiger partial charge in [-0.3, -0.25) is 4.79 Å². The maximum absolute atomic E-state index is 12.4. The summed E-state index contributed by atoms with van der Waals surface area (Å²) in [5.74, 6) is 0.712. The maximum Gasteiger partial charge on any atom is 0.169 e. The maximum atomic E-state index is 12.4. The molecular formula is C16H18O3. The van der Waals surface area contributed by atoms with Gasteiger partial charge in [-0.15, -0.1) is 0 Å². The van der Waals surface area contributed by atoms with Crippen molar-refractivity contribution in [1.82, 2.24) is 0 Å². The van der Waals surface area contributed by atoms with Crippen molar-refractivity contribution in [1.29, 1.82) is 0 Å². The van der Waals surface area contributed by atoms with Crippen molar-refractivity contribution in [3.05, 3.63) is 42.0 Å². The smallest absolute Gasteiger partial charge is 0.169 e. The molecule has 0 saturated heterocycles. The molecule has 0 radical (unpaired) electrons. The first-order valence-electron chi connectivity index (χ1n) is 6.44. The lowest BCUT2D eigenvalue weighted by atomic mass is 9.99. The first-order chi connectivity index (χ1) is 9.27. The molecule has 0 saturated carbocycles. The predicted octanol–water partition coefficient (Wildman–Crippen LogP) is 3.46. The molecule has 0 heterocycles. The third-order valence-electron chi connectivity index (χ3n) is 3.00. The molecule has 2 aromatic rings. The summed E-state index contributed by atoms with van der Waals surface area (Å²) in [5.41, 5.74) is 0.664. The van der Waals surface area contributed by atoms with E-state index in [1.807, 2.05) is 43.3 Å². The molecule has 0 aliphatic rings. The highest BCUT2D eigenvalue weighted by Gasteiger charge is 2.16. The average molecular weight is 258 g/mol. The van der Waals surface area contributed by atoms with Crippen LogP contribution in [0.5, 0.6) is 5.75 Å². The first-order valence-corrected chi connectivity index (χ1v) is 6.44. The Kier molecular flexibility index (Phi) is 4.53. The molecule has 0 bridgehead atoms. The Morgan fingerprint density at radius 2 is 1.95 bits per heavy atom. The molecule has 0 aliphatic carbocycles. The van der Waals surface area contributed by atoms with Crippen molar-refractivity contribution in [3.8, 4) is 5.75 Å². The van der Waals surface area contributed by atoms with Crippen molar-refractivity contribution < 1.29 is 14.3 Å². The van der Waals surface area contributed by atoms with E-state index >= 15 is 0 Å². The summed E-state index contributed by atoms with van der Waals surface area (Å²) in [6.45, 7) is 2.88. The fourth-order valence-electron chi connectivity index (χ4n) is 2.13. The van der Waals surface area contributed by atoms with E-state index in [1.54, 1.807) is 7.11 Å². The van der Waals surface area contributed by atoms with E-state index < -0.39 is 0 Å². The van der Waals surface area contributed by atoms with Gasteiger partial charge in [-0.05, 0) is 23.8 Å². The Labute approximate surface area is 113 Å². The molecule has 0 spiro atoms. The van der Waals surface area contributed by atoms with Gasteiger partial charge in [0.15, 0.2) is 5.78 Å². The van der Waals surface area contributed by atoms with Crippen molar-refractivity contribution in [2.24, 2.45) is 0 Å². The number of Topliss-reactive ketones (excluding diaryl/α,β-unsaturated/α-hetero) is 1. The Hall–Kier alpha value is -1.87. The van der Waals surface area contributed by atoms with Crippen molar-refractivity contribution in [2.75, 3.05) is 20.3 Å². The zero-order chi connectivity index (χ0) is 13.7. The fraction of sp³-hybridized carbons (Fsp3) is 0.312. The normalized spacial score (nSPS) is 10.6. The van der Waals surface area contributed by atoms with Gasteiger partial charge < -0.3 is 9.47 Å². The predicted molar refractivity (Wildman–Crippen MR) is 75.9 cm³/mol. The standard InChI is InChI=1S/C16H18O3/c1-3-19-15-9-8-12-6-4-5-7-13(12)16(15)14(17)10-11-18-2/h4-9H,3,10-11H2,1-2H3. The van der Waals surface area contributed by atoms with Crippen molar-refractivity contribution in [3.63, 3.8) is 0 Å². The van der Waals surface area contributed by atoms with Gasteiger partial charge >= 0.3 is 0 Å². The molecule has 0 unspecified atom stereocenters. The molecule has 19 heavy (non-hydrogen) atoms. The van der Waals surface area contributed by atoms with Crippen molar-refractivity contribution >= 4 is 16.6 Å². The van der Waals surface area contributed by atoms with Gasteiger partial charge in [-0.25, -0.2) is 0 Å². The lowest BCUT2D eigenvalue weighted by Gasteiger charge is -2.12. The van der Waals surface area contributed by atoms with Gasteiger partial charge in [-0.1, -0.05) is 30.3 Å². The summed E-state index contributed by atoms with van der Waals surface area (Å²) < 4.78 is 10.6. The molecule has 3 nitrogen and oxygen atoms in total. The van der Waals surface area contributed by atoms with Gasteiger partial charge in [0.2, 0.25) is 0 Å². The molecule has 0 amide bonds. The zero-order valence-electron chi connectivity index (χ0n) is 11.3. The minimum absolute atomic E-state index is 0.0575. The number of ether oxygens (including phenoxy) is 2. The van der Waals surface area contributed by atoms with Gasteiger partial charge in [-0.2, -0.15) is 0 Å². The van der Waals surface area contributed by atoms with Crippen LogP contribution in [0.3, 0.4) is 0 Å². The number of rotatable bonds is 6. The average Bonchev–Trinajstić information content (AvgIpc) is 2.45. The lowest BCUT2D eigenvalue weighted by Crippen LogP contribution is -2.07. The number of hydrogen-bond donors (Lipinski definition) is 0. The fourth-order valence-corrected chi connectivity index (χ4v) is 2.13.